The molecular formula is C4H10N2O3SSi. The molecule has 0 spiro atoms. The highest BCUT2D eigenvalue weighted by atomic mass is 32.1. The van der Waals surface area contributed by atoms with Crippen LogP contribution in [0.1, 0.15) is 12.8 Å². The van der Waals surface area contributed by atoms with Crippen molar-refractivity contribution in [3.05, 3.63) is 0 Å². The first kappa shape index (κ1) is 10.7. The summed E-state index contributed by atoms with van der Waals surface area (Å²) in [7, 11) is -4.25. The van der Waals surface area contributed by atoms with E-state index in [4.69, 9.17) is 25.5 Å². The Labute approximate surface area is 70.4 Å². The summed E-state index contributed by atoms with van der Waals surface area (Å²) in [6.07, 6.45) is 0.218. The Kier molecular flexibility index (Phi) is 3.76. The van der Waals surface area contributed by atoms with Crippen LogP contribution in [0.5, 0.6) is 0 Å². The van der Waals surface area contributed by atoms with Crippen molar-refractivity contribution in [2.45, 2.75) is 12.8 Å². The summed E-state index contributed by atoms with van der Waals surface area (Å²) in [5, 5.41) is 6.78. The number of hydrogen-bond acceptors (Lipinski definition) is 5. The van der Waals surface area contributed by atoms with E-state index in [-0.39, 0.29) is 23.2 Å². The first-order valence-electron chi connectivity index (χ1n) is 2.87. The van der Waals surface area contributed by atoms with Crippen molar-refractivity contribution in [3.63, 3.8) is 0 Å². The minimum Gasteiger partial charge on any atom is -0.388 e. The fraction of sp³-hybridized carbons (Fsp3) is 0.500. The maximum Gasteiger partial charge on any atom is 0.536 e. The topological polar surface area (TPSA) is 111 Å². The van der Waals surface area contributed by atoms with Gasteiger partial charge in [0, 0.05) is 6.42 Å². The van der Waals surface area contributed by atoms with E-state index in [2.05, 4.69) is 12.2 Å². The zero-order valence-corrected chi connectivity index (χ0v) is 7.56. The van der Waals surface area contributed by atoms with E-state index < -0.39 is 8.80 Å². The Morgan fingerprint density at radius 2 is 1.82 bits per heavy atom. The molecule has 0 aliphatic heterocycles. The van der Waals surface area contributed by atoms with Gasteiger partial charge in [-0.1, -0.05) is 12.2 Å². The fourth-order valence-electron chi connectivity index (χ4n) is 0.416. The van der Waals surface area contributed by atoms with Gasteiger partial charge in [0.2, 0.25) is 0 Å². The Hall–Kier alpha value is -0.343. The molecule has 6 N–H and O–H groups in total. The molecule has 11 heavy (non-hydrogen) atoms. The van der Waals surface area contributed by atoms with Gasteiger partial charge in [-0.25, -0.2) is 0 Å². The second kappa shape index (κ2) is 3.88. The third-order valence-electron chi connectivity index (χ3n) is 0.996. The third-order valence-corrected chi connectivity index (χ3v) is 3.02. The molecule has 0 unspecified atom stereocenters. The zero-order chi connectivity index (χ0) is 9.07. The average molecular weight is 194 g/mol. The molecule has 0 heterocycles. The molecule has 64 valence electrons. The van der Waals surface area contributed by atoms with Crippen LogP contribution in [0.4, 0.5) is 0 Å². The smallest absolute Gasteiger partial charge is 0.388 e. The lowest BCUT2D eigenvalue weighted by Crippen LogP contribution is -2.44. The van der Waals surface area contributed by atoms with Gasteiger partial charge < -0.3 is 20.1 Å². The van der Waals surface area contributed by atoms with Gasteiger partial charge in [-0.3, -0.25) is 5.41 Å². The summed E-state index contributed by atoms with van der Waals surface area (Å²) in [6.45, 7) is 0. The van der Waals surface area contributed by atoms with Crippen LogP contribution in [-0.4, -0.2) is 33.5 Å². The van der Waals surface area contributed by atoms with Crippen LogP contribution < -0.4 is 5.73 Å². The van der Waals surface area contributed by atoms with Crippen molar-refractivity contribution in [2.24, 2.45) is 5.73 Å². The molecule has 0 saturated heterocycles. The van der Waals surface area contributed by atoms with E-state index in [1.54, 1.807) is 0 Å². The lowest BCUT2D eigenvalue weighted by atomic mass is 10.3. The Bertz CT molecular complexity index is 179. The molecule has 0 bridgehead atoms. The summed E-state index contributed by atoms with van der Waals surface area (Å²) in [5.74, 6) is -0.0920. The summed E-state index contributed by atoms with van der Waals surface area (Å²) in [6, 6.07) is 0. The normalized spacial score (nSPS) is 11.2. The van der Waals surface area contributed by atoms with Crippen molar-refractivity contribution in [1.29, 1.82) is 5.41 Å². The fourth-order valence-corrected chi connectivity index (χ4v) is 0.978. The number of hydrogen-bond donors (Lipinski definition) is 5. The first-order valence-corrected chi connectivity index (χ1v) is 5.12. The average Bonchev–Trinajstić information content (AvgIpc) is 1.80. The molecule has 0 fully saturated rings. The largest absolute Gasteiger partial charge is 0.536 e. The molecule has 7 heteroatoms. The molecule has 5 nitrogen and oxygen atoms in total. The van der Waals surface area contributed by atoms with Gasteiger partial charge in [-0.05, 0) is 6.42 Å². The number of nitrogens with two attached hydrogens (primary N) is 1. The monoisotopic (exact) mass is 194 g/mol. The standard InChI is InChI=1S/C4H10N2O3SSi/c5-3(6)1-2-4(10)11(7,8)9/h7-9H,1-2H2,(H3,5,6). The van der Waals surface area contributed by atoms with Gasteiger partial charge in [-0.2, -0.15) is 0 Å². The van der Waals surface area contributed by atoms with E-state index in [1.165, 1.54) is 0 Å². The van der Waals surface area contributed by atoms with E-state index in [0.29, 0.717) is 0 Å². The molecule has 0 aromatic rings. The van der Waals surface area contributed by atoms with E-state index in [9.17, 15) is 0 Å². The SMILES string of the molecule is N=C(N)CCC(=S)[Si](O)(O)O. The third kappa shape index (κ3) is 4.99. The van der Waals surface area contributed by atoms with Gasteiger partial charge >= 0.3 is 8.80 Å². The van der Waals surface area contributed by atoms with Gasteiger partial charge in [0.05, 0.1) is 10.3 Å². The second-order valence-corrected chi connectivity index (χ2v) is 4.81. The molecule has 0 radical (unpaired) electrons. The molecule has 0 saturated carbocycles. The van der Waals surface area contributed by atoms with Crippen molar-refractivity contribution in [1.82, 2.24) is 0 Å². The molecule has 0 amide bonds. The summed E-state index contributed by atoms with van der Waals surface area (Å²) >= 11 is 4.47. The van der Waals surface area contributed by atoms with E-state index >= 15 is 0 Å². The van der Waals surface area contributed by atoms with Crippen molar-refractivity contribution >= 4 is 31.3 Å². The van der Waals surface area contributed by atoms with Crippen LogP contribution >= 0.6 is 12.2 Å². The molecular weight excluding hydrogens is 184 g/mol. The quantitative estimate of drug-likeness (QED) is 0.162. The van der Waals surface area contributed by atoms with Crippen LogP contribution in [0.25, 0.3) is 0 Å². The second-order valence-electron chi connectivity index (χ2n) is 2.08. The lowest BCUT2D eigenvalue weighted by molar-refractivity contribution is 0.255. The Morgan fingerprint density at radius 3 is 2.09 bits per heavy atom. The van der Waals surface area contributed by atoms with Crippen LogP contribution in [0.2, 0.25) is 0 Å². The molecule has 0 aromatic heterocycles. The van der Waals surface area contributed by atoms with Crippen LogP contribution in [0, 0.1) is 5.41 Å². The maximum atomic E-state index is 8.60. The highest BCUT2D eigenvalue weighted by molar-refractivity contribution is 7.84. The van der Waals surface area contributed by atoms with Crippen molar-refractivity contribution in [3.8, 4) is 0 Å². The Morgan fingerprint density at radius 1 is 1.36 bits per heavy atom. The highest BCUT2D eigenvalue weighted by Crippen LogP contribution is 2.00. The van der Waals surface area contributed by atoms with Crippen LogP contribution in [-0.2, 0) is 0 Å². The predicted octanol–water partition coefficient (Wildman–Crippen LogP) is -1.47. The molecule has 0 aliphatic rings. The molecule has 0 aliphatic carbocycles. The maximum absolute atomic E-state index is 8.60. The summed E-state index contributed by atoms with van der Waals surface area (Å²) in [5.41, 5.74) is 4.98. The zero-order valence-electron chi connectivity index (χ0n) is 5.74. The van der Waals surface area contributed by atoms with Gasteiger partial charge in [-0.15, -0.1) is 0 Å². The van der Waals surface area contributed by atoms with Crippen molar-refractivity contribution in [2.75, 3.05) is 0 Å². The summed E-state index contributed by atoms with van der Waals surface area (Å²) in [4.78, 5) is 25.8. The van der Waals surface area contributed by atoms with Crippen LogP contribution in [0.3, 0.4) is 0 Å². The predicted molar refractivity (Wildman–Crippen MR) is 46.2 cm³/mol. The van der Waals surface area contributed by atoms with E-state index in [1.807, 2.05) is 0 Å². The number of nitrogens with one attached hydrogen (secondary N) is 1. The van der Waals surface area contributed by atoms with E-state index in [0.717, 1.165) is 0 Å². The highest BCUT2D eigenvalue weighted by Gasteiger charge is 2.32. The summed E-state index contributed by atoms with van der Waals surface area (Å²) < 4.78 is -0.201. The Balaban J connectivity index is 3.80. The minimum absolute atomic E-state index is 0.0698. The minimum atomic E-state index is -4.25. The molecule has 0 aromatic carbocycles. The van der Waals surface area contributed by atoms with Gasteiger partial charge in [0.15, 0.2) is 0 Å². The molecule has 0 rings (SSSR count). The van der Waals surface area contributed by atoms with Crippen molar-refractivity contribution < 1.29 is 14.4 Å². The first-order chi connectivity index (χ1) is 4.84. The van der Waals surface area contributed by atoms with Crippen LogP contribution in [0.15, 0.2) is 0 Å². The van der Waals surface area contributed by atoms with Gasteiger partial charge in [0.25, 0.3) is 0 Å². The molecule has 0 atom stereocenters. The van der Waals surface area contributed by atoms with Gasteiger partial charge in [0.1, 0.15) is 0 Å². The number of thiocarbonyl (C=S) groups is 1. The number of rotatable bonds is 4. The lowest BCUT2D eigenvalue weighted by Gasteiger charge is -2.09. The number of amidine groups is 1.